The maximum Gasteiger partial charge on any atom is 0.288 e. The number of sulfonamides is 1. The molecule has 0 aromatic rings. The van der Waals surface area contributed by atoms with Crippen molar-refractivity contribution < 1.29 is 13.2 Å². The summed E-state index contributed by atoms with van der Waals surface area (Å²) < 4.78 is 24.6. The molecule has 0 aromatic heterocycles. The molecule has 0 unspecified atom stereocenters. The Morgan fingerprint density at radius 1 is 1.64 bits per heavy atom. The van der Waals surface area contributed by atoms with Crippen LogP contribution in [0.1, 0.15) is 0 Å². The van der Waals surface area contributed by atoms with Crippen molar-refractivity contribution >= 4 is 33.6 Å². The molecule has 0 saturated carbocycles. The third-order valence-corrected chi connectivity index (χ3v) is 2.70. The van der Waals surface area contributed by atoms with Crippen LogP contribution in [0.5, 0.6) is 0 Å². The lowest BCUT2D eigenvalue weighted by atomic mass is 10.5. The van der Waals surface area contributed by atoms with Gasteiger partial charge in [0.25, 0.3) is 10.0 Å². The van der Waals surface area contributed by atoms with Gasteiger partial charge >= 0.3 is 0 Å². The number of amidine groups is 1. The van der Waals surface area contributed by atoms with Crippen molar-refractivity contribution in [1.29, 1.82) is 0 Å². The zero-order valence-corrected chi connectivity index (χ0v) is 6.89. The minimum Gasteiger partial charge on any atom is -0.383 e. The summed E-state index contributed by atoms with van der Waals surface area (Å²) in [4.78, 5) is 10.0. The molecule has 0 bridgehead atoms. The molecule has 2 N–H and O–H groups in total. The standard InChI is InChI=1S/C4H4N2O3S2/c5-3-1-2(4(7)10)11(8,9)6-3/h1H,(H2,5,6)(H,7,10). The first-order valence-corrected chi connectivity index (χ1v) is 4.37. The minimum atomic E-state index is -3.84. The molecule has 0 spiro atoms. The third-order valence-electron chi connectivity index (χ3n) is 0.993. The van der Waals surface area contributed by atoms with E-state index in [4.69, 9.17) is 5.73 Å². The van der Waals surface area contributed by atoms with Gasteiger partial charge < -0.3 is 5.73 Å². The van der Waals surface area contributed by atoms with Crippen LogP contribution in [0.15, 0.2) is 15.4 Å². The minimum absolute atomic E-state index is 0.192. The van der Waals surface area contributed by atoms with Gasteiger partial charge in [-0.25, -0.2) is 0 Å². The van der Waals surface area contributed by atoms with Gasteiger partial charge in [-0.3, -0.25) is 4.79 Å². The number of hydrogen-bond donors (Lipinski definition) is 2. The first-order chi connectivity index (χ1) is 4.93. The average Bonchev–Trinajstić information content (AvgIpc) is 2.04. The molecule has 0 saturated heterocycles. The molecule has 0 aromatic carbocycles. The third kappa shape index (κ3) is 1.43. The summed E-state index contributed by atoms with van der Waals surface area (Å²) in [6, 6.07) is 0. The van der Waals surface area contributed by atoms with Gasteiger partial charge in [-0.2, -0.15) is 8.42 Å². The molecule has 0 aliphatic carbocycles. The highest BCUT2D eigenvalue weighted by atomic mass is 32.2. The van der Waals surface area contributed by atoms with Crippen molar-refractivity contribution in [2.45, 2.75) is 0 Å². The molecule has 0 amide bonds. The second kappa shape index (κ2) is 2.35. The van der Waals surface area contributed by atoms with Crippen LogP contribution in [0.4, 0.5) is 0 Å². The molecule has 1 rings (SSSR count). The van der Waals surface area contributed by atoms with Gasteiger partial charge in [0.2, 0.25) is 5.12 Å². The lowest BCUT2D eigenvalue weighted by molar-refractivity contribution is -0.107. The fourth-order valence-electron chi connectivity index (χ4n) is 0.595. The second-order valence-corrected chi connectivity index (χ2v) is 3.78. The number of carbonyl (C=O) groups excluding carboxylic acids is 1. The van der Waals surface area contributed by atoms with Crippen LogP contribution in [0.3, 0.4) is 0 Å². The maximum absolute atomic E-state index is 10.8. The Bertz CT molecular complexity index is 365. The smallest absolute Gasteiger partial charge is 0.288 e. The van der Waals surface area contributed by atoms with Gasteiger partial charge in [0.1, 0.15) is 10.7 Å². The summed E-state index contributed by atoms with van der Waals surface area (Å²) in [6.07, 6.45) is 0.977. The average molecular weight is 192 g/mol. The predicted molar refractivity (Wildman–Crippen MR) is 42.6 cm³/mol. The van der Waals surface area contributed by atoms with Gasteiger partial charge in [-0.1, -0.05) is 12.6 Å². The van der Waals surface area contributed by atoms with E-state index < -0.39 is 20.0 Å². The molecular weight excluding hydrogens is 188 g/mol. The van der Waals surface area contributed by atoms with Crippen LogP contribution in [0.25, 0.3) is 0 Å². The molecule has 11 heavy (non-hydrogen) atoms. The molecule has 0 atom stereocenters. The molecule has 1 heterocycles. The SMILES string of the molecule is NC1=NS(=O)(=O)C(C(=O)S)=C1. The summed E-state index contributed by atoms with van der Waals surface area (Å²) in [7, 11) is -3.84. The number of thiol groups is 1. The summed E-state index contributed by atoms with van der Waals surface area (Å²) in [5.41, 5.74) is 5.05. The van der Waals surface area contributed by atoms with Crippen molar-refractivity contribution in [3.63, 3.8) is 0 Å². The Morgan fingerprint density at radius 2 is 2.18 bits per heavy atom. The Morgan fingerprint density at radius 3 is 2.36 bits per heavy atom. The Hall–Kier alpha value is -0.820. The van der Waals surface area contributed by atoms with E-state index in [9.17, 15) is 13.2 Å². The molecular formula is C4H4N2O3S2. The molecule has 0 radical (unpaired) electrons. The number of rotatable bonds is 1. The van der Waals surface area contributed by atoms with Gasteiger partial charge in [-0.15, -0.1) is 4.40 Å². The molecule has 60 valence electrons. The van der Waals surface area contributed by atoms with Gasteiger partial charge in [-0.05, 0) is 0 Å². The first kappa shape index (κ1) is 8.28. The van der Waals surface area contributed by atoms with E-state index in [0.717, 1.165) is 6.08 Å². The van der Waals surface area contributed by atoms with E-state index in [2.05, 4.69) is 17.0 Å². The van der Waals surface area contributed by atoms with E-state index in [0.29, 0.717) is 0 Å². The highest BCUT2D eigenvalue weighted by molar-refractivity contribution is 8.03. The highest BCUT2D eigenvalue weighted by Crippen LogP contribution is 2.17. The highest BCUT2D eigenvalue weighted by Gasteiger charge is 2.27. The van der Waals surface area contributed by atoms with Crippen molar-refractivity contribution in [2.24, 2.45) is 10.1 Å². The Labute approximate surface area is 68.5 Å². The van der Waals surface area contributed by atoms with Crippen LogP contribution in [0.2, 0.25) is 0 Å². The van der Waals surface area contributed by atoms with Crippen LogP contribution in [-0.4, -0.2) is 19.4 Å². The van der Waals surface area contributed by atoms with Crippen LogP contribution < -0.4 is 5.73 Å². The number of nitrogens with two attached hydrogens (primary N) is 1. The summed E-state index contributed by atoms with van der Waals surface area (Å²) in [6.45, 7) is 0. The molecule has 1 aliphatic rings. The lowest BCUT2D eigenvalue weighted by Gasteiger charge is -1.89. The van der Waals surface area contributed by atoms with Crippen molar-refractivity contribution in [3.8, 4) is 0 Å². The van der Waals surface area contributed by atoms with Gasteiger partial charge in [0, 0.05) is 6.08 Å². The molecule has 5 nitrogen and oxygen atoms in total. The van der Waals surface area contributed by atoms with E-state index in [-0.39, 0.29) is 5.84 Å². The van der Waals surface area contributed by atoms with E-state index >= 15 is 0 Å². The topological polar surface area (TPSA) is 89.6 Å². The number of carbonyl (C=O) groups is 1. The fourth-order valence-corrected chi connectivity index (χ4v) is 1.92. The molecule has 7 heteroatoms. The fraction of sp³-hybridized carbons (Fsp3) is 0. The van der Waals surface area contributed by atoms with Crippen LogP contribution in [0, 0.1) is 0 Å². The van der Waals surface area contributed by atoms with E-state index in [1.54, 1.807) is 0 Å². The van der Waals surface area contributed by atoms with Crippen LogP contribution in [-0.2, 0) is 14.8 Å². The lowest BCUT2D eigenvalue weighted by Crippen LogP contribution is -2.04. The summed E-state index contributed by atoms with van der Waals surface area (Å²) >= 11 is 3.33. The molecule has 0 fully saturated rings. The Balaban J connectivity index is 3.26. The zero-order chi connectivity index (χ0) is 8.65. The van der Waals surface area contributed by atoms with E-state index in [1.165, 1.54) is 0 Å². The second-order valence-electron chi connectivity index (χ2n) is 1.80. The van der Waals surface area contributed by atoms with Gasteiger partial charge in [0.15, 0.2) is 0 Å². The monoisotopic (exact) mass is 192 g/mol. The zero-order valence-electron chi connectivity index (χ0n) is 5.18. The van der Waals surface area contributed by atoms with Crippen molar-refractivity contribution in [2.75, 3.05) is 0 Å². The largest absolute Gasteiger partial charge is 0.383 e. The number of nitrogens with zero attached hydrogens (tertiary/aromatic N) is 1. The number of hydrogen-bond acceptors (Lipinski definition) is 4. The normalized spacial score (nSPS) is 20.8. The first-order valence-electron chi connectivity index (χ1n) is 2.49. The summed E-state index contributed by atoms with van der Waals surface area (Å²) in [5.74, 6) is -0.192. The van der Waals surface area contributed by atoms with E-state index in [1.807, 2.05) is 0 Å². The Kier molecular flexibility index (Phi) is 1.77. The van der Waals surface area contributed by atoms with Crippen molar-refractivity contribution in [3.05, 3.63) is 11.0 Å². The summed E-state index contributed by atoms with van der Waals surface area (Å²) in [5, 5.41) is -0.853. The molecule has 1 aliphatic heterocycles. The predicted octanol–water partition coefficient (Wildman–Crippen LogP) is -0.973. The van der Waals surface area contributed by atoms with Crippen LogP contribution >= 0.6 is 12.6 Å². The quantitative estimate of drug-likeness (QED) is 0.523. The van der Waals surface area contributed by atoms with Gasteiger partial charge in [0.05, 0.1) is 0 Å². The maximum atomic E-state index is 10.8. The van der Waals surface area contributed by atoms with Crippen molar-refractivity contribution in [1.82, 2.24) is 0 Å².